The Kier molecular flexibility index (Phi) is 7.49. The molecule has 0 radical (unpaired) electrons. The van der Waals surface area contributed by atoms with Crippen LogP contribution < -0.4 is 20.1 Å². The number of imide groups is 1. The molecule has 1 atom stereocenters. The summed E-state index contributed by atoms with van der Waals surface area (Å²) in [7, 11) is 0. The fourth-order valence-electron chi connectivity index (χ4n) is 2.05. The molecule has 0 saturated carbocycles. The lowest BCUT2D eigenvalue weighted by atomic mass is 10.2. The van der Waals surface area contributed by atoms with Crippen LogP contribution in [0.25, 0.3) is 0 Å². The molecule has 6 heteroatoms. The minimum absolute atomic E-state index is 0.00662. The summed E-state index contributed by atoms with van der Waals surface area (Å²) >= 11 is 0. The van der Waals surface area contributed by atoms with Gasteiger partial charge in [0.1, 0.15) is 18.1 Å². The molecule has 2 aromatic carbocycles. The lowest BCUT2D eigenvalue weighted by molar-refractivity contribution is -0.122. The minimum Gasteiger partial charge on any atom is -0.489 e. The fourth-order valence-corrected chi connectivity index (χ4v) is 2.05. The summed E-state index contributed by atoms with van der Waals surface area (Å²) in [4.78, 5) is 23.3. The van der Waals surface area contributed by atoms with Crippen molar-refractivity contribution in [3.8, 4) is 11.5 Å². The molecular weight excluding hydrogens is 332 g/mol. The summed E-state index contributed by atoms with van der Waals surface area (Å²) in [6.07, 6.45) is 0.788. The van der Waals surface area contributed by atoms with Gasteiger partial charge in [-0.3, -0.25) is 10.1 Å². The fraction of sp³-hybridized carbons (Fsp3) is 0.300. The molecule has 0 aliphatic heterocycles. The monoisotopic (exact) mass is 356 g/mol. The van der Waals surface area contributed by atoms with E-state index in [0.717, 1.165) is 12.0 Å². The van der Waals surface area contributed by atoms with E-state index in [1.54, 1.807) is 24.3 Å². The number of carbonyl (C=O) groups is 2. The van der Waals surface area contributed by atoms with Gasteiger partial charge in [0.2, 0.25) is 0 Å². The molecule has 0 heterocycles. The minimum atomic E-state index is -0.516. The van der Waals surface area contributed by atoms with Crippen LogP contribution in [0, 0.1) is 0 Å². The Bertz CT molecular complexity index is 702. The number of amides is 3. The van der Waals surface area contributed by atoms with Crippen molar-refractivity contribution >= 4 is 11.9 Å². The number of ether oxygens (including phenoxy) is 2. The molecule has 26 heavy (non-hydrogen) atoms. The second-order valence-electron chi connectivity index (χ2n) is 5.87. The Morgan fingerprint density at radius 1 is 0.962 bits per heavy atom. The highest BCUT2D eigenvalue weighted by molar-refractivity contribution is 5.95. The van der Waals surface area contributed by atoms with Crippen molar-refractivity contribution in [1.82, 2.24) is 10.6 Å². The first kappa shape index (κ1) is 19.3. The van der Waals surface area contributed by atoms with Crippen LogP contribution in [0.1, 0.15) is 25.8 Å². The molecule has 2 N–H and O–H groups in total. The Balaban J connectivity index is 1.73. The first-order valence-corrected chi connectivity index (χ1v) is 8.56. The molecule has 0 bridgehead atoms. The predicted molar refractivity (Wildman–Crippen MR) is 99.1 cm³/mol. The second-order valence-corrected chi connectivity index (χ2v) is 5.87. The van der Waals surface area contributed by atoms with E-state index in [1.165, 1.54) is 0 Å². The SMILES string of the molecule is CC[C@@H](C)NC(=O)NC(=O)COc1ccc(OCc2ccccc2)cc1. The van der Waals surface area contributed by atoms with E-state index in [2.05, 4.69) is 10.6 Å². The largest absolute Gasteiger partial charge is 0.489 e. The normalized spacial score (nSPS) is 11.3. The van der Waals surface area contributed by atoms with Gasteiger partial charge in [0.25, 0.3) is 5.91 Å². The molecule has 0 aliphatic carbocycles. The zero-order chi connectivity index (χ0) is 18.8. The predicted octanol–water partition coefficient (Wildman–Crippen LogP) is 3.27. The third-order valence-electron chi connectivity index (χ3n) is 3.68. The molecular formula is C20H24N2O4. The van der Waals surface area contributed by atoms with Gasteiger partial charge in [-0.2, -0.15) is 0 Å². The number of rotatable bonds is 8. The summed E-state index contributed by atoms with van der Waals surface area (Å²) in [5.41, 5.74) is 1.08. The van der Waals surface area contributed by atoms with Gasteiger partial charge in [-0.15, -0.1) is 0 Å². The quantitative estimate of drug-likeness (QED) is 0.761. The van der Waals surface area contributed by atoms with Crippen molar-refractivity contribution in [2.24, 2.45) is 0 Å². The van der Waals surface area contributed by atoms with Crippen LogP contribution in [0.3, 0.4) is 0 Å². The van der Waals surface area contributed by atoms with E-state index in [4.69, 9.17) is 9.47 Å². The van der Waals surface area contributed by atoms with Crippen molar-refractivity contribution in [2.75, 3.05) is 6.61 Å². The number of hydrogen-bond acceptors (Lipinski definition) is 4. The highest BCUT2D eigenvalue weighted by Gasteiger charge is 2.10. The molecule has 2 rings (SSSR count). The van der Waals surface area contributed by atoms with Gasteiger partial charge in [-0.25, -0.2) is 4.79 Å². The van der Waals surface area contributed by atoms with E-state index in [0.29, 0.717) is 18.1 Å². The summed E-state index contributed by atoms with van der Waals surface area (Å²) in [6, 6.07) is 16.3. The van der Waals surface area contributed by atoms with Crippen LogP contribution in [0.2, 0.25) is 0 Å². The standard InChI is InChI=1S/C20H24N2O4/c1-3-15(2)21-20(24)22-19(23)14-26-18-11-9-17(10-12-18)25-13-16-7-5-4-6-8-16/h4-12,15H,3,13-14H2,1-2H3,(H2,21,22,23,24)/t15-/m1/s1. The third kappa shape index (κ3) is 6.84. The number of urea groups is 1. The summed E-state index contributed by atoms with van der Waals surface area (Å²) in [5, 5.41) is 4.88. The smallest absolute Gasteiger partial charge is 0.321 e. The number of hydrogen-bond donors (Lipinski definition) is 2. The average molecular weight is 356 g/mol. The highest BCUT2D eigenvalue weighted by atomic mass is 16.5. The zero-order valence-electron chi connectivity index (χ0n) is 15.0. The molecule has 138 valence electrons. The lowest BCUT2D eigenvalue weighted by Gasteiger charge is -2.12. The molecule has 3 amide bonds. The maximum Gasteiger partial charge on any atom is 0.321 e. The van der Waals surface area contributed by atoms with Crippen LogP contribution in [0.5, 0.6) is 11.5 Å². The molecule has 0 fully saturated rings. The van der Waals surface area contributed by atoms with E-state index in [1.807, 2.05) is 44.2 Å². The molecule has 0 spiro atoms. The van der Waals surface area contributed by atoms with Gasteiger partial charge in [0, 0.05) is 6.04 Å². The van der Waals surface area contributed by atoms with Gasteiger partial charge >= 0.3 is 6.03 Å². The number of benzene rings is 2. The zero-order valence-corrected chi connectivity index (χ0v) is 15.0. The Hall–Kier alpha value is -3.02. The van der Waals surface area contributed by atoms with Crippen molar-refractivity contribution in [2.45, 2.75) is 32.9 Å². The topological polar surface area (TPSA) is 76.7 Å². The average Bonchev–Trinajstić information content (AvgIpc) is 2.66. The first-order chi connectivity index (χ1) is 12.6. The maximum atomic E-state index is 11.7. The van der Waals surface area contributed by atoms with Gasteiger partial charge < -0.3 is 14.8 Å². The van der Waals surface area contributed by atoms with Crippen molar-refractivity contribution < 1.29 is 19.1 Å². The molecule has 0 aliphatic rings. The van der Waals surface area contributed by atoms with E-state index in [9.17, 15) is 9.59 Å². The van der Waals surface area contributed by atoms with Crippen molar-refractivity contribution in [3.05, 3.63) is 60.2 Å². The molecule has 0 unspecified atom stereocenters. The Labute approximate surface area is 153 Å². The van der Waals surface area contributed by atoms with E-state index < -0.39 is 11.9 Å². The van der Waals surface area contributed by atoms with Crippen LogP contribution in [-0.2, 0) is 11.4 Å². The summed E-state index contributed by atoms with van der Waals surface area (Å²) < 4.78 is 11.1. The van der Waals surface area contributed by atoms with Crippen LogP contribution in [-0.4, -0.2) is 24.6 Å². The van der Waals surface area contributed by atoms with Gasteiger partial charge in [-0.05, 0) is 43.2 Å². The lowest BCUT2D eigenvalue weighted by Crippen LogP contribution is -2.44. The van der Waals surface area contributed by atoms with E-state index in [-0.39, 0.29) is 12.6 Å². The van der Waals surface area contributed by atoms with E-state index >= 15 is 0 Å². The van der Waals surface area contributed by atoms with Gasteiger partial charge in [-0.1, -0.05) is 37.3 Å². The Morgan fingerprint density at radius 2 is 1.58 bits per heavy atom. The Morgan fingerprint density at radius 3 is 2.19 bits per heavy atom. The van der Waals surface area contributed by atoms with Crippen LogP contribution >= 0.6 is 0 Å². The van der Waals surface area contributed by atoms with Crippen LogP contribution in [0.15, 0.2) is 54.6 Å². The number of carbonyl (C=O) groups excluding carboxylic acids is 2. The second kappa shape index (κ2) is 10.1. The number of nitrogens with one attached hydrogen (secondary N) is 2. The molecule has 6 nitrogen and oxygen atoms in total. The van der Waals surface area contributed by atoms with Gasteiger partial charge in [0.05, 0.1) is 0 Å². The maximum absolute atomic E-state index is 11.7. The third-order valence-corrected chi connectivity index (χ3v) is 3.68. The molecule has 0 aromatic heterocycles. The van der Waals surface area contributed by atoms with Gasteiger partial charge in [0.15, 0.2) is 6.61 Å². The molecule has 2 aromatic rings. The summed E-state index contributed by atoms with van der Waals surface area (Å²) in [5.74, 6) is 0.725. The first-order valence-electron chi connectivity index (χ1n) is 8.56. The van der Waals surface area contributed by atoms with Crippen LogP contribution in [0.4, 0.5) is 4.79 Å². The van der Waals surface area contributed by atoms with Crippen molar-refractivity contribution in [1.29, 1.82) is 0 Å². The highest BCUT2D eigenvalue weighted by Crippen LogP contribution is 2.18. The summed E-state index contributed by atoms with van der Waals surface area (Å²) in [6.45, 7) is 4.05. The molecule has 0 saturated heterocycles. The van der Waals surface area contributed by atoms with Crippen molar-refractivity contribution in [3.63, 3.8) is 0 Å².